The number of anilines is 2. The number of rotatable bonds is 4. The molecule has 84 valence electrons. The molecule has 3 N–H and O–H groups in total. The molecule has 0 spiro atoms. The largest absolute Gasteiger partial charge is 0.397 e. The van der Waals surface area contributed by atoms with Gasteiger partial charge < -0.3 is 15.6 Å². The zero-order chi connectivity index (χ0) is 11.4. The first-order valence-corrected chi connectivity index (χ1v) is 5.18. The van der Waals surface area contributed by atoms with E-state index in [2.05, 4.69) is 15.5 Å². The summed E-state index contributed by atoms with van der Waals surface area (Å²) in [5, 5.41) is 7.32. The zero-order valence-electron chi connectivity index (χ0n) is 8.48. The number of hydrogen-bond donors (Lipinski definition) is 2. The maximum absolute atomic E-state index is 5.86. The Morgan fingerprint density at radius 1 is 1.44 bits per heavy atom. The monoisotopic (exact) mass is 238 g/mol. The molecule has 1 aromatic carbocycles. The summed E-state index contributed by atoms with van der Waals surface area (Å²) in [6.45, 7) is 0.659. The van der Waals surface area contributed by atoms with Gasteiger partial charge in [0.2, 0.25) is 5.89 Å². The van der Waals surface area contributed by atoms with E-state index in [1.807, 2.05) is 0 Å². The summed E-state index contributed by atoms with van der Waals surface area (Å²) in [6, 6.07) is 5.29. The van der Waals surface area contributed by atoms with Gasteiger partial charge in [0.1, 0.15) is 0 Å². The van der Waals surface area contributed by atoms with Crippen LogP contribution in [0.3, 0.4) is 0 Å². The number of benzene rings is 1. The van der Waals surface area contributed by atoms with Crippen molar-refractivity contribution in [2.75, 3.05) is 17.6 Å². The summed E-state index contributed by atoms with van der Waals surface area (Å²) in [5.74, 6) is 0.591. The van der Waals surface area contributed by atoms with Gasteiger partial charge in [-0.25, -0.2) is 0 Å². The van der Waals surface area contributed by atoms with Crippen LogP contribution in [-0.4, -0.2) is 16.7 Å². The molecule has 6 heteroatoms. The van der Waals surface area contributed by atoms with Crippen molar-refractivity contribution >= 4 is 23.0 Å². The maximum Gasteiger partial charge on any atom is 0.228 e. The predicted molar refractivity (Wildman–Crippen MR) is 62.4 cm³/mol. The molecule has 0 radical (unpaired) electrons. The quantitative estimate of drug-likeness (QED) is 0.797. The molecule has 0 bridgehead atoms. The molecule has 2 aromatic rings. The van der Waals surface area contributed by atoms with Crippen LogP contribution in [0.25, 0.3) is 0 Å². The minimum absolute atomic E-state index is 0.591. The third-order valence-electron chi connectivity index (χ3n) is 2.08. The van der Waals surface area contributed by atoms with Gasteiger partial charge in [0.15, 0.2) is 6.33 Å². The van der Waals surface area contributed by atoms with Gasteiger partial charge in [0, 0.05) is 18.0 Å². The molecule has 0 saturated heterocycles. The Balaban J connectivity index is 1.92. The second-order valence-corrected chi connectivity index (χ2v) is 3.68. The van der Waals surface area contributed by atoms with Gasteiger partial charge in [-0.1, -0.05) is 16.8 Å². The molecule has 5 nitrogen and oxygen atoms in total. The van der Waals surface area contributed by atoms with Crippen molar-refractivity contribution in [1.82, 2.24) is 10.1 Å². The number of hydrogen-bond acceptors (Lipinski definition) is 5. The van der Waals surface area contributed by atoms with E-state index in [0.29, 0.717) is 29.6 Å². The molecule has 0 saturated carbocycles. The van der Waals surface area contributed by atoms with Gasteiger partial charge in [-0.3, -0.25) is 0 Å². The number of nitrogens with two attached hydrogens (primary N) is 1. The summed E-state index contributed by atoms with van der Waals surface area (Å²) in [5.41, 5.74) is 7.25. The van der Waals surface area contributed by atoms with Crippen molar-refractivity contribution < 1.29 is 4.52 Å². The van der Waals surface area contributed by atoms with Crippen LogP contribution in [0.1, 0.15) is 5.89 Å². The fourth-order valence-corrected chi connectivity index (χ4v) is 1.46. The van der Waals surface area contributed by atoms with Crippen LogP contribution < -0.4 is 11.1 Å². The summed E-state index contributed by atoms with van der Waals surface area (Å²) in [7, 11) is 0. The van der Waals surface area contributed by atoms with Crippen molar-refractivity contribution in [3.8, 4) is 0 Å². The van der Waals surface area contributed by atoms with E-state index >= 15 is 0 Å². The first kappa shape index (κ1) is 10.8. The van der Waals surface area contributed by atoms with E-state index in [1.54, 1.807) is 18.2 Å². The molecule has 0 unspecified atom stereocenters. The van der Waals surface area contributed by atoms with Crippen LogP contribution in [0.4, 0.5) is 11.4 Å². The second-order valence-electron chi connectivity index (χ2n) is 3.24. The fourth-order valence-electron chi connectivity index (χ4n) is 1.29. The first-order valence-electron chi connectivity index (χ1n) is 4.80. The molecule has 0 atom stereocenters. The van der Waals surface area contributed by atoms with Crippen LogP contribution in [0.2, 0.25) is 5.02 Å². The average Bonchev–Trinajstić information content (AvgIpc) is 2.76. The van der Waals surface area contributed by atoms with Gasteiger partial charge in [0.05, 0.1) is 11.4 Å². The van der Waals surface area contributed by atoms with Crippen molar-refractivity contribution in [2.24, 2.45) is 0 Å². The van der Waals surface area contributed by atoms with E-state index in [0.717, 1.165) is 5.69 Å². The minimum atomic E-state index is 0.591. The lowest BCUT2D eigenvalue weighted by molar-refractivity contribution is 0.380. The molecule has 0 aliphatic heterocycles. The molecular weight excluding hydrogens is 228 g/mol. The van der Waals surface area contributed by atoms with E-state index in [9.17, 15) is 0 Å². The van der Waals surface area contributed by atoms with Gasteiger partial charge >= 0.3 is 0 Å². The highest BCUT2D eigenvalue weighted by Crippen LogP contribution is 2.22. The molecule has 2 rings (SSSR count). The van der Waals surface area contributed by atoms with Crippen LogP contribution in [-0.2, 0) is 6.42 Å². The highest BCUT2D eigenvalue weighted by molar-refractivity contribution is 6.31. The number of nitrogens with one attached hydrogen (secondary N) is 1. The Bertz CT molecular complexity index is 458. The Morgan fingerprint density at radius 3 is 3.06 bits per heavy atom. The summed E-state index contributed by atoms with van der Waals surface area (Å²) in [6.07, 6.45) is 2.02. The van der Waals surface area contributed by atoms with Gasteiger partial charge in [-0.2, -0.15) is 4.98 Å². The van der Waals surface area contributed by atoms with E-state index < -0.39 is 0 Å². The van der Waals surface area contributed by atoms with Gasteiger partial charge in [0.25, 0.3) is 0 Å². The van der Waals surface area contributed by atoms with Gasteiger partial charge in [-0.15, -0.1) is 0 Å². The topological polar surface area (TPSA) is 77.0 Å². The Hall–Kier alpha value is -1.75. The van der Waals surface area contributed by atoms with E-state index in [-0.39, 0.29) is 0 Å². The number of aromatic nitrogens is 2. The fraction of sp³-hybridized carbons (Fsp3) is 0.200. The van der Waals surface area contributed by atoms with E-state index in [1.165, 1.54) is 6.33 Å². The Kier molecular flexibility index (Phi) is 3.26. The standard InChI is InChI=1S/C10H11ClN4O/c11-7-1-2-8(12)9(5-7)13-4-3-10-14-6-15-16-10/h1-2,5-6,13H,3-4,12H2. The number of halogens is 1. The maximum atomic E-state index is 5.86. The van der Waals surface area contributed by atoms with Crippen molar-refractivity contribution in [3.05, 3.63) is 35.4 Å². The minimum Gasteiger partial charge on any atom is -0.397 e. The SMILES string of the molecule is Nc1ccc(Cl)cc1NCCc1ncno1. The van der Waals surface area contributed by atoms with E-state index in [4.69, 9.17) is 21.9 Å². The van der Waals surface area contributed by atoms with Crippen molar-refractivity contribution in [2.45, 2.75) is 6.42 Å². The van der Waals surface area contributed by atoms with Crippen LogP contribution >= 0.6 is 11.6 Å². The first-order chi connectivity index (χ1) is 7.75. The van der Waals surface area contributed by atoms with Crippen molar-refractivity contribution in [3.63, 3.8) is 0 Å². The zero-order valence-corrected chi connectivity index (χ0v) is 9.24. The molecule has 0 amide bonds. The Labute approximate surface area is 97.6 Å². The predicted octanol–water partition coefficient (Wildman–Crippen LogP) is 1.96. The molecule has 1 heterocycles. The highest BCUT2D eigenvalue weighted by Gasteiger charge is 2.01. The lowest BCUT2D eigenvalue weighted by Crippen LogP contribution is -2.07. The lowest BCUT2D eigenvalue weighted by atomic mass is 10.2. The van der Waals surface area contributed by atoms with Crippen LogP contribution in [0, 0.1) is 0 Å². The number of nitrogens with zero attached hydrogens (tertiary/aromatic N) is 2. The highest BCUT2D eigenvalue weighted by atomic mass is 35.5. The van der Waals surface area contributed by atoms with Crippen LogP contribution in [0.5, 0.6) is 0 Å². The molecule has 0 aliphatic carbocycles. The molecular formula is C10H11ClN4O. The molecule has 16 heavy (non-hydrogen) atoms. The summed E-state index contributed by atoms with van der Waals surface area (Å²) < 4.78 is 4.87. The molecule has 1 aromatic heterocycles. The normalized spacial score (nSPS) is 10.3. The summed E-state index contributed by atoms with van der Waals surface area (Å²) >= 11 is 5.86. The third-order valence-corrected chi connectivity index (χ3v) is 2.31. The summed E-state index contributed by atoms with van der Waals surface area (Å²) in [4.78, 5) is 3.91. The molecule has 0 fully saturated rings. The Morgan fingerprint density at radius 2 is 2.31 bits per heavy atom. The third kappa shape index (κ3) is 2.64. The smallest absolute Gasteiger partial charge is 0.228 e. The molecule has 0 aliphatic rings. The lowest BCUT2D eigenvalue weighted by Gasteiger charge is -2.08. The number of nitrogen functional groups attached to an aromatic ring is 1. The van der Waals surface area contributed by atoms with Crippen LogP contribution in [0.15, 0.2) is 29.0 Å². The average molecular weight is 239 g/mol. The van der Waals surface area contributed by atoms with Crippen molar-refractivity contribution in [1.29, 1.82) is 0 Å². The van der Waals surface area contributed by atoms with Gasteiger partial charge in [-0.05, 0) is 18.2 Å². The second kappa shape index (κ2) is 4.85.